The first-order chi connectivity index (χ1) is 12.6. The van der Waals surface area contributed by atoms with Crippen molar-refractivity contribution in [2.75, 3.05) is 50.6 Å². The van der Waals surface area contributed by atoms with E-state index in [9.17, 15) is 9.18 Å². The topological polar surface area (TPSA) is 71.6 Å². The van der Waals surface area contributed by atoms with Gasteiger partial charge in [0.1, 0.15) is 5.82 Å². The van der Waals surface area contributed by atoms with Gasteiger partial charge >= 0.3 is 0 Å². The Morgan fingerprint density at radius 1 is 1.42 bits per heavy atom. The van der Waals surface area contributed by atoms with Crippen molar-refractivity contribution < 1.29 is 18.7 Å². The molecule has 144 valence electrons. The van der Waals surface area contributed by atoms with Gasteiger partial charge in [-0.05, 0) is 57.0 Å². The van der Waals surface area contributed by atoms with Gasteiger partial charge in [-0.15, -0.1) is 0 Å². The molecule has 1 atom stereocenters. The van der Waals surface area contributed by atoms with Crippen molar-refractivity contribution in [2.24, 2.45) is 5.41 Å². The molecular weight excluding hydrogens is 337 g/mol. The molecule has 1 unspecified atom stereocenters. The SMILES string of the molecule is COCC1(C(=O)Nc2ccc(NCC3CCCO3)c(F)c2)CCNCC1. The molecule has 3 N–H and O–H groups in total. The second kappa shape index (κ2) is 8.79. The summed E-state index contributed by atoms with van der Waals surface area (Å²) in [5, 5.41) is 9.21. The first-order valence-corrected chi connectivity index (χ1v) is 9.29. The lowest BCUT2D eigenvalue weighted by atomic mass is 9.78. The normalized spacial score (nSPS) is 22.2. The molecular formula is C19H28FN3O3. The van der Waals surface area contributed by atoms with E-state index >= 15 is 0 Å². The summed E-state index contributed by atoms with van der Waals surface area (Å²) < 4.78 is 25.2. The molecule has 7 heteroatoms. The van der Waals surface area contributed by atoms with Crippen molar-refractivity contribution in [3.05, 3.63) is 24.0 Å². The number of methoxy groups -OCH3 is 1. The van der Waals surface area contributed by atoms with Gasteiger partial charge in [0.25, 0.3) is 0 Å². The number of nitrogens with one attached hydrogen (secondary N) is 3. The number of rotatable bonds is 7. The molecule has 2 saturated heterocycles. The van der Waals surface area contributed by atoms with Gasteiger partial charge in [0.2, 0.25) is 5.91 Å². The molecule has 0 saturated carbocycles. The number of carbonyl (C=O) groups excluding carboxylic acids is 1. The van der Waals surface area contributed by atoms with E-state index < -0.39 is 5.41 Å². The second-order valence-corrected chi connectivity index (χ2v) is 7.13. The summed E-state index contributed by atoms with van der Waals surface area (Å²) in [6.07, 6.45) is 3.60. The van der Waals surface area contributed by atoms with Crippen molar-refractivity contribution in [1.29, 1.82) is 0 Å². The summed E-state index contributed by atoms with van der Waals surface area (Å²) in [6, 6.07) is 4.74. The van der Waals surface area contributed by atoms with Crippen LogP contribution in [0.15, 0.2) is 18.2 Å². The van der Waals surface area contributed by atoms with E-state index in [4.69, 9.17) is 9.47 Å². The van der Waals surface area contributed by atoms with Crippen LogP contribution in [-0.2, 0) is 14.3 Å². The highest BCUT2D eigenvalue weighted by atomic mass is 19.1. The smallest absolute Gasteiger partial charge is 0.233 e. The fourth-order valence-corrected chi connectivity index (χ4v) is 3.65. The lowest BCUT2D eigenvalue weighted by Gasteiger charge is -2.35. The molecule has 1 amide bonds. The van der Waals surface area contributed by atoms with Gasteiger partial charge in [0.15, 0.2) is 0 Å². The standard InChI is InChI=1S/C19H28FN3O3/c1-25-13-19(6-8-21-9-7-19)18(24)23-14-4-5-17(16(20)11-14)22-12-15-3-2-10-26-15/h4-5,11,15,21-22H,2-3,6-10,12-13H2,1H3,(H,23,24). The van der Waals surface area contributed by atoms with Crippen molar-refractivity contribution in [2.45, 2.75) is 31.8 Å². The summed E-state index contributed by atoms with van der Waals surface area (Å²) in [5.74, 6) is -0.493. The molecule has 0 aromatic heterocycles. The zero-order valence-electron chi connectivity index (χ0n) is 15.3. The number of carbonyl (C=O) groups is 1. The van der Waals surface area contributed by atoms with E-state index in [-0.39, 0.29) is 17.8 Å². The van der Waals surface area contributed by atoms with Gasteiger partial charge in [0, 0.05) is 25.9 Å². The number of ether oxygens (including phenoxy) is 2. The van der Waals surface area contributed by atoms with Crippen LogP contribution in [0.4, 0.5) is 15.8 Å². The summed E-state index contributed by atoms with van der Waals surface area (Å²) in [6.45, 7) is 3.28. The van der Waals surface area contributed by atoms with Gasteiger partial charge in [-0.25, -0.2) is 4.39 Å². The Morgan fingerprint density at radius 2 is 2.23 bits per heavy atom. The van der Waals surface area contributed by atoms with Gasteiger partial charge in [-0.1, -0.05) is 0 Å². The van der Waals surface area contributed by atoms with Gasteiger partial charge < -0.3 is 25.4 Å². The van der Waals surface area contributed by atoms with Crippen molar-refractivity contribution >= 4 is 17.3 Å². The minimum atomic E-state index is -0.562. The van der Waals surface area contributed by atoms with E-state index in [1.807, 2.05) is 0 Å². The second-order valence-electron chi connectivity index (χ2n) is 7.13. The molecule has 0 bridgehead atoms. The largest absolute Gasteiger partial charge is 0.384 e. The fourth-order valence-electron chi connectivity index (χ4n) is 3.65. The molecule has 2 aliphatic rings. The number of hydrogen-bond acceptors (Lipinski definition) is 5. The van der Waals surface area contributed by atoms with E-state index in [2.05, 4.69) is 16.0 Å². The molecule has 6 nitrogen and oxygen atoms in total. The van der Waals surface area contributed by atoms with E-state index in [0.717, 1.165) is 32.5 Å². The fraction of sp³-hybridized carbons (Fsp3) is 0.632. The number of benzene rings is 1. The van der Waals surface area contributed by atoms with Gasteiger partial charge in [-0.3, -0.25) is 4.79 Å². The number of halogens is 1. The van der Waals surface area contributed by atoms with Crippen molar-refractivity contribution in [1.82, 2.24) is 5.32 Å². The molecule has 1 aromatic rings. The van der Waals surface area contributed by atoms with E-state index in [1.54, 1.807) is 19.2 Å². The molecule has 26 heavy (non-hydrogen) atoms. The summed E-state index contributed by atoms with van der Waals surface area (Å²) >= 11 is 0. The maximum Gasteiger partial charge on any atom is 0.233 e. The van der Waals surface area contributed by atoms with Crippen LogP contribution in [0, 0.1) is 11.2 Å². The van der Waals surface area contributed by atoms with Crippen LogP contribution < -0.4 is 16.0 Å². The predicted octanol–water partition coefficient (Wildman–Crippen LogP) is 2.37. The number of hydrogen-bond donors (Lipinski definition) is 3. The monoisotopic (exact) mass is 365 g/mol. The van der Waals surface area contributed by atoms with Crippen LogP contribution in [0.3, 0.4) is 0 Å². The molecule has 2 fully saturated rings. The predicted molar refractivity (Wildman–Crippen MR) is 98.9 cm³/mol. The number of anilines is 2. The van der Waals surface area contributed by atoms with Gasteiger partial charge in [0.05, 0.1) is 23.8 Å². The van der Waals surface area contributed by atoms with Crippen LogP contribution in [0.1, 0.15) is 25.7 Å². The van der Waals surface area contributed by atoms with E-state index in [0.29, 0.717) is 37.4 Å². The number of amides is 1. The van der Waals surface area contributed by atoms with Crippen LogP contribution >= 0.6 is 0 Å². The Morgan fingerprint density at radius 3 is 2.88 bits per heavy atom. The average molecular weight is 365 g/mol. The first kappa shape index (κ1) is 19.1. The lowest BCUT2D eigenvalue weighted by Crippen LogP contribution is -2.47. The Bertz CT molecular complexity index is 609. The minimum Gasteiger partial charge on any atom is -0.384 e. The van der Waals surface area contributed by atoms with Crippen molar-refractivity contribution in [3.8, 4) is 0 Å². The Labute approximate surface area is 153 Å². The summed E-state index contributed by atoms with van der Waals surface area (Å²) in [5.41, 5.74) is 0.323. The molecule has 0 aliphatic carbocycles. The minimum absolute atomic E-state index is 0.111. The molecule has 3 rings (SSSR count). The number of piperidine rings is 1. The molecule has 1 aromatic carbocycles. The Balaban J connectivity index is 1.61. The quantitative estimate of drug-likeness (QED) is 0.692. The third-order valence-electron chi connectivity index (χ3n) is 5.23. The molecule has 0 radical (unpaired) electrons. The Hall–Kier alpha value is -1.70. The summed E-state index contributed by atoms with van der Waals surface area (Å²) in [4.78, 5) is 12.8. The third kappa shape index (κ3) is 4.52. The average Bonchev–Trinajstić information content (AvgIpc) is 3.15. The highest BCUT2D eigenvalue weighted by molar-refractivity contribution is 5.95. The Kier molecular flexibility index (Phi) is 6.45. The highest BCUT2D eigenvalue weighted by Crippen LogP contribution is 2.31. The van der Waals surface area contributed by atoms with Crippen LogP contribution in [0.2, 0.25) is 0 Å². The zero-order chi connectivity index (χ0) is 18.4. The lowest BCUT2D eigenvalue weighted by molar-refractivity contribution is -0.130. The third-order valence-corrected chi connectivity index (χ3v) is 5.23. The molecule has 2 aliphatic heterocycles. The molecule has 2 heterocycles. The maximum atomic E-state index is 14.4. The van der Waals surface area contributed by atoms with Crippen molar-refractivity contribution in [3.63, 3.8) is 0 Å². The van der Waals surface area contributed by atoms with Crippen LogP contribution in [0.5, 0.6) is 0 Å². The van der Waals surface area contributed by atoms with Gasteiger partial charge in [-0.2, -0.15) is 0 Å². The first-order valence-electron chi connectivity index (χ1n) is 9.29. The van der Waals surface area contributed by atoms with E-state index in [1.165, 1.54) is 6.07 Å². The summed E-state index contributed by atoms with van der Waals surface area (Å²) in [7, 11) is 1.60. The van der Waals surface area contributed by atoms with Crippen LogP contribution in [-0.4, -0.2) is 52.0 Å². The van der Waals surface area contributed by atoms with Crippen LogP contribution in [0.25, 0.3) is 0 Å². The highest BCUT2D eigenvalue weighted by Gasteiger charge is 2.39. The zero-order valence-corrected chi connectivity index (χ0v) is 15.3. The maximum absolute atomic E-state index is 14.4. The molecule has 0 spiro atoms.